The van der Waals surface area contributed by atoms with Crippen LogP contribution in [0.15, 0.2) is 48.5 Å². The molecule has 29 heavy (non-hydrogen) atoms. The number of carbonyl (C=O) groups excluding carboxylic acids is 1. The zero-order valence-electron chi connectivity index (χ0n) is 16.9. The highest BCUT2D eigenvalue weighted by atomic mass is 35.5. The predicted octanol–water partition coefficient (Wildman–Crippen LogP) is 4.93. The van der Waals surface area contributed by atoms with E-state index in [1.54, 1.807) is 0 Å². The first-order chi connectivity index (χ1) is 13.8. The lowest BCUT2D eigenvalue weighted by atomic mass is 9.63. The molecule has 0 saturated heterocycles. The van der Waals surface area contributed by atoms with E-state index < -0.39 is 5.41 Å². The molecule has 148 valence electrons. The maximum absolute atomic E-state index is 13.7. The zero-order valence-corrected chi connectivity index (χ0v) is 17.7. The second-order valence-electron chi connectivity index (χ2n) is 9.08. The lowest BCUT2D eigenvalue weighted by Crippen LogP contribution is -2.51. The van der Waals surface area contributed by atoms with Crippen molar-refractivity contribution in [2.75, 3.05) is 0 Å². The van der Waals surface area contributed by atoms with E-state index in [4.69, 9.17) is 21.6 Å². The van der Waals surface area contributed by atoms with Crippen LogP contribution in [0.1, 0.15) is 50.6 Å². The van der Waals surface area contributed by atoms with Crippen molar-refractivity contribution in [1.82, 2.24) is 15.3 Å². The van der Waals surface area contributed by atoms with Crippen molar-refractivity contribution < 1.29 is 4.79 Å². The van der Waals surface area contributed by atoms with Gasteiger partial charge in [-0.3, -0.25) is 4.79 Å². The third-order valence-electron chi connectivity index (χ3n) is 7.70. The molecular weight excluding hydrogens is 382 g/mol. The Balaban J connectivity index is 1.59. The molecule has 4 nitrogen and oxygen atoms in total. The van der Waals surface area contributed by atoms with E-state index in [-0.39, 0.29) is 16.7 Å². The summed E-state index contributed by atoms with van der Waals surface area (Å²) >= 11 is 5.98. The largest absolute Gasteiger partial charge is 0.351 e. The van der Waals surface area contributed by atoms with Gasteiger partial charge in [-0.2, -0.15) is 0 Å². The van der Waals surface area contributed by atoms with Crippen LogP contribution in [0, 0.1) is 5.41 Å². The summed E-state index contributed by atoms with van der Waals surface area (Å²) in [6.45, 7) is 7.13. The number of benzene rings is 2. The van der Waals surface area contributed by atoms with E-state index in [2.05, 4.69) is 26.1 Å². The number of halogens is 1. The Bertz CT molecular complexity index is 1140. The summed E-state index contributed by atoms with van der Waals surface area (Å²) in [6.07, 6.45) is 1.73. The van der Waals surface area contributed by atoms with Gasteiger partial charge >= 0.3 is 0 Å². The molecular formula is C24H24ClN3O. The van der Waals surface area contributed by atoms with Crippen LogP contribution in [0.3, 0.4) is 0 Å². The predicted molar refractivity (Wildman–Crippen MR) is 115 cm³/mol. The molecule has 0 radical (unpaired) electrons. The third-order valence-corrected chi connectivity index (χ3v) is 7.95. The van der Waals surface area contributed by atoms with Crippen molar-refractivity contribution in [2.45, 2.75) is 51.0 Å². The maximum atomic E-state index is 13.7. The molecule has 2 atom stereocenters. The molecule has 1 aromatic heterocycles. The Hall–Kier alpha value is -2.46. The van der Waals surface area contributed by atoms with Gasteiger partial charge in [-0.05, 0) is 48.1 Å². The molecule has 5 heteroatoms. The number of rotatable bonds is 3. The fourth-order valence-electron chi connectivity index (χ4n) is 5.48. The van der Waals surface area contributed by atoms with Crippen LogP contribution >= 0.6 is 11.6 Å². The second-order valence-corrected chi connectivity index (χ2v) is 9.52. The first-order valence-electron chi connectivity index (χ1n) is 10.1. The molecule has 3 aromatic rings. The van der Waals surface area contributed by atoms with Crippen LogP contribution in [-0.4, -0.2) is 15.9 Å². The SMILES string of the molecule is CC12CCC(C(=O)NCc3ccc(Cl)cc3)(c3nc4ccccc4nc31)C2(C)C. The first kappa shape index (κ1) is 18.6. The van der Waals surface area contributed by atoms with Gasteiger partial charge in [0.25, 0.3) is 0 Å². The maximum Gasteiger partial charge on any atom is 0.233 e. The Morgan fingerprint density at radius 1 is 0.966 bits per heavy atom. The minimum absolute atomic E-state index is 0.0458. The van der Waals surface area contributed by atoms with Crippen LogP contribution in [0.2, 0.25) is 5.02 Å². The average molecular weight is 406 g/mol. The van der Waals surface area contributed by atoms with Crippen LogP contribution < -0.4 is 5.32 Å². The van der Waals surface area contributed by atoms with E-state index in [1.807, 2.05) is 48.5 Å². The first-order valence-corrected chi connectivity index (χ1v) is 10.5. The van der Waals surface area contributed by atoms with Gasteiger partial charge in [0.15, 0.2) is 0 Å². The number of nitrogens with one attached hydrogen (secondary N) is 1. The lowest BCUT2D eigenvalue weighted by molar-refractivity contribution is -0.130. The Kier molecular flexibility index (Phi) is 3.85. The molecule has 1 amide bonds. The van der Waals surface area contributed by atoms with Crippen molar-refractivity contribution in [3.8, 4) is 0 Å². The molecule has 2 aromatic carbocycles. The van der Waals surface area contributed by atoms with Gasteiger partial charge in [-0.1, -0.05) is 56.6 Å². The van der Waals surface area contributed by atoms with Gasteiger partial charge in [0.05, 0.1) is 27.8 Å². The summed E-state index contributed by atoms with van der Waals surface area (Å²) in [5.74, 6) is 0.0458. The molecule has 0 spiro atoms. The number of hydrogen-bond acceptors (Lipinski definition) is 3. The van der Waals surface area contributed by atoms with E-state index in [0.29, 0.717) is 11.6 Å². The zero-order chi connectivity index (χ0) is 20.4. The summed E-state index contributed by atoms with van der Waals surface area (Å²) in [7, 11) is 0. The molecule has 1 saturated carbocycles. The fraction of sp³-hybridized carbons (Fsp3) is 0.375. The smallest absolute Gasteiger partial charge is 0.233 e. The summed E-state index contributed by atoms with van der Waals surface area (Å²) < 4.78 is 0. The summed E-state index contributed by atoms with van der Waals surface area (Å²) in [6, 6.07) is 15.5. The number of carbonyl (C=O) groups is 1. The highest BCUT2D eigenvalue weighted by Gasteiger charge is 2.73. The molecule has 2 unspecified atom stereocenters. The van der Waals surface area contributed by atoms with Crippen molar-refractivity contribution in [1.29, 1.82) is 0 Å². The normalized spacial score (nSPS) is 26.5. The summed E-state index contributed by atoms with van der Waals surface area (Å²) in [4.78, 5) is 23.7. The number of amides is 1. The fourth-order valence-corrected chi connectivity index (χ4v) is 5.61. The molecule has 2 aliphatic carbocycles. The van der Waals surface area contributed by atoms with E-state index >= 15 is 0 Å². The van der Waals surface area contributed by atoms with E-state index in [9.17, 15) is 4.79 Å². The number of fused-ring (bicyclic) bond motifs is 6. The molecule has 2 bridgehead atoms. The van der Waals surface area contributed by atoms with Crippen LogP contribution in [-0.2, 0) is 22.2 Å². The lowest BCUT2D eigenvalue weighted by Gasteiger charge is -2.39. The highest BCUT2D eigenvalue weighted by molar-refractivity contribution is 6.30. The highest BCUT2D eigenvalue weighted by Crippen LogP contribution is 2.70. The van der Waals surface area contributed by atoms with Gasteiger partial charge in [0, 0.05) is 17.0 Å². The minimum atomic E-state index is -0.666. The number of aromatic nitrogens is 2. The molecule has 1 fully saturated rings. The molecule has 1 heterocycles. The summed E-state index contributed by atoms with van der Waals surface area (Å²) in [5, 5.41) is 3.88. The molecule has 5 rings (SSSR count). The molecule has 0 aliphatic heterocycles. The average Bonchev–Trinajstić information content (AvgIpc) is 3.01. The van der Waals surface area contributed by atoms with Gasteiger partial charge in [0.1, 0.15) is 0 Å². The van der Waals surface area contributed by atoms with Crippen LogP contribution in [0.4, 0.5) is 0 Å². The van der Waals surface area contributed by atoms with Crippen molar-refractivity contribution in [3.05, 3.63) is 70.5 Å². The van der Waals surface area contributed by atoms with Crippen molar-refractivity contribution in [3.63, 3.8) is 0 Å². The standard InChI is InChI=1S/C24H24ClN3O/c1-22(2)23(3)12-13-24(22,21(29)26-14-15-8-10-16(25)11-9-15)20-19(23)27-17-6-4-5-7-18(17)28-20/h4-11H,12-14H2,1-3H3,(H,26,29). The Morgan fingerprint density at radius 2 is 1.59 bits per heavy atom. The summed E-state index contributed by atoms with van der Waals surface area (Å²) in [5.41, 5.74) is 3.52. The van der Waals surface area contributed by atoms with E-state index in [1.165, 1.54) is 0 Å². The Labute approximate surface area is 175 Å². The van der Waals surface area contributed by atoms with Gasteiger partial charge < -0.3 is 5.32 Å². The van der Waals surface area contributed by atoms with E-state index in [0.717, 1.165) is 40.8 Å². The van der Waals surface area contributed by atoms with Gasteiger partial charge in [0.2, 0.25) is 5.91 Å². The van der Waals surface area contributed by atoms with Crippen molar-refractivity contribution in [2.24, 2.45) is 5.41 Å². The van der Waals surface area contributed by atoms with Crippen LogP contribution in [0.5, 0.6) is 0 Å². The molecule has 2 aliphatic rings. The topological polar surface area (TPSA) is 54.9 Å². The van der Waals surface area contributed by atoms with Crippen LogP contribution in [0.25, 0.3) is 11.0 Å². The second kappa shape index (κ2) is 6.02. The monoisotopic (exact) mass is 405 g/mol. The number of hydrogen-bond donors (Lipinski definition) is 1. The Morgan fingerprint density at radius 3 is 2.24 bits per heavy atom. The van der Waals surface area contributed by atoms with Gasteiger partial charge in [-0.15, -0.1) is 0 Å². The van der Waals surface area contributed by atoms with Gasteiger partial charge in [-0.25, -0.2) is 9.97 Å². The quantitative estimate of drug-likeness (QED) is 0.672. The minimum Gasteiger partial charge on any atom is -0.351 e. The molecule has 1 N–H and O–H groups in total. The van der Waals surface area contributed by atoms with Crippen molar-refractivity contribution >= 4 is 28.5 Å². The third kappa shape index (κ3) is 2.29. The number of para-hydroxylation sites is 2. The number of nitrogens with zero attached hydrogens (tertiary/aromatic N) is 2.